The van der Waals surface area contributed by atoms with E-state index in [1.165, 1.54) is 0 Å². The van der Waals surface area contributed by atoms with Crippen LogP contribution in [0.15, 0.2) is 11.4 Å². The molecule has 0 atom stereocenters. The smallest absolute Gasteiger partial charge is 0.158 e. The molecule has 0 aliphatic rings. The number of aromatic nitrogens is 2. The molecule has 5 heteroatoms. The predicted molar refractivity (Wildman–Crippen MR) is 71.0 cm³/mol. The van der Waals surface area contributed by atoms with Crippen LogP contribution in [0.2, 0.25) is 0 Å². The summed E-state index contributed by atoms with van der Waals surface area (Å²) in [5.41, 5.74) is 5.72. The Morgan fingerprint density at radius 2 is 2.18 bits per heavy atom. The van der Waals surface area contributed by atoms with Gasteiger partial charge in [0, 0.05) is 0 Å². The summed E-state index contributed by atoms with van der Waals surface area (Å²) in [6.45, 7) is 6.61. The third-order valence-electron chi connectivity index (χ3n) is 2.84. The summed E-state index contributed by atoms with van der Waals surface area (Å²) in [6, 6.07) is 1.94. The number of fused-ring (bicyclic) bond motifs is 1. The predicted octanol–water partition coefficient (Wildman–Crippen LogP) is 2.98. The molecule has 2 aromatic rings. The van der Waals surface area contributed by atoms with E-state index in [0.717, 1.165) is 16.6 Å². The molecule has 2 heterocycles. The fourth-order valence-electron chi connectivity index (χ4n) is 1.35. The molecule has 0 saturated heterocycles. The van der Waals surface area contributed by atoms with E-state index in [2.05, 4.69) is 30.7 Å². The SMILES string of the molecule is CCC(C)(C)OCc1nc(N)c2ccsc2n1. The van der Waals surface area contributed by atoms with Gasteiger partial charge in [0.05, 0.1) is 11.0 Å². The van der Waals surface area contributed by atoms with Crippen LogP contribution in [0.5, 0.6) is 0 Å². The van der Waals surface area contributed by atoms with Crippen molar-refractivity contribution >= 4 is 27.4 Å². The molecule has 17 heavy (non-hydrogen) atoms. The quantitative estimate of drug-likeness (QED) is 0.907. The Balaban J connectivity index is 2.19. The lowest BCUT2D eigenvalue weighted by Crippen LogP contribution is -2.23. The van der Waals surface area contributed by atoms with Crippen LogP contribution in [-0.4, -0.2) is 15.6 Å². The van der Waals surface area contributed by atoms with Crippen LogP contribution in [0.4, 0.5) is 5.82 Å². The standard InChI is InChI=1S/C12H17N3OS/c1-4-12(2,3)16-7-9-14-10(13)8-5-6-17-11(8)15-9/h5-6H,4,7H2,1-3H3,(H2,13,14,15). The second kappa shape index (κ2) is 4.58. The third-order valence-corrected chi connectivity index (χ3v) is 3.65. The van der Waals surface area contributed by atoms with E-state index in [-0.39, 0.29) is 5.60 Å². The Hall–Kier alpha value is -1.20. The van der Waals surface area contributed by atoms with Crippen LogP contribution < -0.4 is 5.73 Å². The van der Waals surface area contributed by atoms with Crippen LogP contribution in [0.25, 0.3) is 10.2 Å². The highest BCUT2D eigenvalue weighted by Crippen LogP contribution is 2.23. The molecule has 0 radical (unpaired) electrons. The van der Waals surface area contributed by atoms with Crippen molar-refractivity contribution in [2.24, 2.45) is 0 Å². The van der Waals surface area contributed by atoms with Gasteiger partial charge in [-0.15, -0.1) is 11.3 Å². The maximum absolute atomic E-state index is 5.87. The molecule has 2 N–H and O–H groups in total. The van der Waals surface area contributed by atoms with E-state index in [0.29, 0.717) is 18.2 Å². The number of anilines is 1. The van der Waals surface area contributed by atoms with Gasteiger partial charge in [0.1, 0.15) is 17.3 Å². The number of nitrogens with zero attached hydrogens (tertiary/aromatic N) is 2. The average molecular weight is 251 g/mol. The number of thiophene rings is 1. The molecule has 0 fully saturated rings. The zero-order chi connectivity index (χ0) is 12.5. The van der Waals surface area contributed by atoms with Gasteiger partial charge in [-0.1, -0.05) is 6.92 Å². The first-order valence-corrected chi connectivity index (χ1v) is 6.53. The lowest BCUT2D eigenvalue weighted by atomic mass is 10.1. The van der Waals surface area contributed by atoms with Crippen molar-refractivity contribution in [1.82, 2.24) is 9.97 Å². The second-order valence-electron chi connectivity index (χ2n) is 4.57. The van der Waals surface area contributed by atoms with Crippen LogP contribution in [0.1, 0.15) is 33.0 Å². The summed E-state index contributed by atoms with van der Waals surface area (Å²) in [4.78, 5) is 9.62. The maximum atomic E-state index is 5.87. The van der Waals surface area contributed by atoms with E-state index < -0.39 is 0 Å². The average Bonchev–Trinajstić information content (AvgIpc) is 2.75. The summed E-state index contributed by atoms with van der Waals surface area (Å²) in [6.07, 6.45) is 0.948. The maximum Gasteiger partial charge on any atom is 0.158 e. The number of nitrogen functional groups attached to an aromatic ring is 1. The molecule has 0 aromatic carbocycles. The van der Waals surface area contributed by atoms with Gasteiger partial charge in [0.15, 0.2) is 5.82 Å². The summed E-state index contributed by atoms with van der Waals surface area (Å²) in [5, 5.41) is 2.89. The molecule has 2 rings (SSSR count). The second-order valence-corrected chi connectivity index (χ2v) is 5.46. The van der Waals surface area contributed by atoms with Gasteiger partial charge in [-0.05, 0) is 31.7 Å². The monoisotopic (exact) mass is 251 g/mol. The summed E-state index contributed by atoms with van der Waals surface area (Å²) < 4.78 is 5.77. The zero-order valence-electron chi connectivity index (χ0n) is 10.4. The number of ether oxygens (including phenoxy) is 1. The van der Waals surface area contributed by atoms with E-state index in [9.17, 15) is 0 Å². The molecule has 0 bridgehead atoms. The van der Waals surface area contributed by atoms with Gasteiger partial charge >= 0.3 is 0 Å². The van der Waals surface area contributed by atoms with Gasteiger partial charge in [0.25, 0.3) is 0 Å². The van der Waals surface area contributed by atoms with Gasteiger partial charge in [0.2, 0.25) is 0 Å². The molecule has 0 spiro atoms. The van der Waals surface area contributed by atoms with Crippen molar-refractivity contribution in [3.05, 3.63) is 17.3 Å². The first kappa shape index (κ1) is 12.3. The zero-order valence-corrected chi connectivity index (χ0v) is 11.2. The van der Waals surface area contributed by atoms with E-state index in [4.69, 9.17) is 10.5 Å². The molecular weight excluding hydrogens is 234 g/mol. The normalized spacial score (nSPS) is 12.2. The minimum atomic E-state index is -0.150. The molecule has 2 aromatic heterocycles. The summed E-state index contributed by atoms with van der Waals surface area (Å²) >= 11 is 1.57. The Bertz CT molecular complexity index is 521. The van der Waals surface area contributed by atoms with E-state index in [1.807, 2.05) is 11.4 Å². The molecule has 0 unspecified atom stereocenters. The highest BCUT2D eigenvalue weighted by molar-refractivity contribution is 7.16. The van der Waals surface area contributed by atoms with Crippen molar-refractivity contribution < 1.29 is 4.74 Å². The molecule has 4 nitrogen and oxygen atoms in total. The van der Waals surface area contributed by atoms with Crippen molar-refractivity contribution in [3.8, 4) is 0 Å². The Morgan fingerprint density at radius 3 is 2.88 bits per heavy atom. The fourth-order valence-corrected chi connectivity index (χ4v) is 2.14. The largest absolute Gasteiger partial charge is 0.383 e. The Kier molecular flexibility index (Phi) is 3.31. The lowest BCUT2D eigenvalue weighted by Gasteiger charge is -2.22. The minimum Gasteiger partial charge on any atom is -0.383 e. The molecule has 0 aliphatic carbocycles. The van der Waals surface area contributed by atoms with Gasteiger partial charge in [-0.2, -0.15) is 0 Å². The first-order chi connectivity index (χ1) is 8.02. The highest BCUT2D eigenvalue weighted by Gasteiger charge is 2.16. The lowest BCUT2D eigenvalue weighted by molar-refractivity contribution is -0.0343. The number of rotatable bonds is 4. The molecular formula is C12H17N3OS. The number of hydrogen-bond acceptors (Lipinski definition) is 5. The molecule has 0 amide bonds. The molecule has 0 saturated carbocycles. The summed E-state index contributed by atoms with van der Waals surface area (Å²) in [7, 11) is 0. The summed E-state index contributed by atoms with van der Waals surface area (Å²) in [5.74, 6) is 1.18. The topological polar surface area (TPSA) is 61.0 Å². The van der Waals surface area contributed by atoms with Crippen LogP contribution >= 0.6 is 11.3 Å². The minimum absolute atomic E-state index is 0.150. The van der Waals surface area contributed by atoms with Crippen molar-refractivity contribution in [2.75, 3.05) is 5.73 Å². The Morgan fingerprint density at radius 1 is 1.41 bits per heavy atom. The molecule has 0 aliphatic heterocycles. The van der Waals surface area contributed by atoms with Crippen molar-refractivity contribution in [2.45, 2.75) is 39.4 Å². The van der Waals surface area contributed by atoms with Gasteiger partial charge in [-0.25, -0.2) is 9.97 Å². The fraction of sp³-hybridized carbons (Fsp3) is 0.500. The van der Waals surface area contributed by atoms with Gasteiger partial charge < -0.3 is 10.5 Å². The Labute approximate surface area is 105 Å². The highest BCUT2D eigenvalue weighted by atomic mass is 32.1. The molecule has 92 valence electrons. The number of nitrogens with two attached hydrogens (primary N) is 1. The third kappa shape index (κ3) is 2.73. The van der Waals surface area contributed by atoms with Crippen LogP contribution in [-0.2, 0) is 11.3 Å². The van der Waals surface area contributed by atoms with Crippen LogP contribution in [0.3, 0.4) is 0 Å². The van der Waals surface area contributed by atoms with Gasteiger partial charge in [-0.3, -0.25) is 0 Å². The van der Waals surface area contributed by atoms with E-state index >= 15 is 0 Å². The van der Waals surface area contributed by atoms with E-state index in [1.54, 1.807) is 11.3 Å². The van der Waals surface area contributed by atoms with Crippen molar-refractivity contribution in [3.63, 3.8) is 0 Å². The van der Waals surface area contributed by atoms with Crippen molar-refractivity contribution in [1.29, 1.82) is 0 Å². The first-order valence-electron chi connectivity index (χ1n) is 5.65. The number of hydrogen-bond donors (Lipinski definition) is 1. The van der Waals surface area contributed by atoms with Crippen LogP contribution in [0, 0.1) is 0 Å².